The number of rotatable bonds is 4. The molecular formula is C7H7ClO3P+. The molecule has 0 aromatic heterocycles. The minimum Gasteiger partial charge on any atom is -0.229 e. The van der Waals surface area contributed by atoms with Crippen LogP contribution in [0, 0.1) is 0 Å². The van der Waals surface area contributed by atoms with E-state index in [2.05, 4.69) is 4.52 Å². The van der Waals surface area contributed by atoms with Gasteiger partial charge >= 0.3 is 8.25 Å². The van der Waals surface area contributed by atoms with E-state index in [4.69, 9.17) is 16.1 Å². The number of halogens is 1. The van der Waals surface area contributed by atoms with E-state index in [0.29, 0.717) is 5.75 Å². The zero-order valence-electron chi connectivity index (χ0n) is 6.14. The second-order valence-electron chi connectivity index (χ2n) is 1.87. The summed E-state index contributed by atoms with van der Waals surface area (Å²) in [6, 6.07) is 8.62. The van der Waals surface area contributed by atoms with E-state index < -0.39 is 8.25 Å². The molecule has 1 aromatic rings. The first-order chi connectivity index (χ1) is 5.83. The average molecular weight is 206 g/mol. The molecule has 0 aliphatic rings. The number of hydrogen-bond acceptors (Lipinski definition) is 3. The van der Waals surface area contributed by atoms with Crippen LogP contribution in [0.25, 0.3) is 0 Å². The zero-order valence-corrected chi connectivity index (χ0v) is 7.79. The molecule has 0 heterocycles. The van der Waals surface area contributed by atoms with Crippen LogP contribution < -0.4 is 4.52 Å². The quantitative estimate of drug-likeness (QED) is 0.560. The summed E-state index contributed by atoms with van der Waals surface area (Å²) in [4.78, 5) is 0. The molecule has 0 aliphatic carbocycles. The van der Waals surface area contributed by atoms with E-state index in [1.165, 1.54) is 0 Å². The Balaban J connectivity index is 2.47. The maximum atomic E-state index is 10.8. The molecule has 1 atom stereocenters. The summed E-state index contributed by atoms with van der Waals surface area (Å²) in [6.07, 6.45) is 0. The summed E-state index contributed by atoms with van der Waals surface area (Å²) < 4.78 is 20.2. The molecule has 0 fully saturated rings. The zero-order chi connectivity index (χ0) is 8.81. The molecule has 0 aliphatic heterocycles. The highest BCUT2D eigenvalue weighted by molar-refractivity contribution is 7.33. The van der Waals surface area contributed by atoms with Crippen LogP contribution in [-0.4, -0.2) is 6.07 Å². The molecule has 1 unspecified atom stereocenters. The van der Waals surface area contributed by atoms with E-state index in [1.54, 1.807) is 24.3 Å². The van der Waals surface area contributed by atoms with Gasteiger partial charge in [-0.1, -0.05) is 34.3 Å². The minimum absolute atomic E-state index is 0.137. The predicted molar refractivity (Wildman–Crippen MR) is 46.5 cm³/mol. The maximum absolute atomic E-state index is 10.8. The third-order valence-corrected chi connectivity index (χ3v) is 2.04. The fraction of sp³-hybridized carbons (Fsp3) is 0.143. The van der Waals surface area contributed by atoms with E-state index in [-0.39, 0.29) is 6.07 Å². The van der Waals surface area contributed by atoms with Crippen molar-refractivity contribution in [3.8, 4) is 5.75 Å². The van der Waals surface area contributed by atoms with Crippen LogP contribution in [0.1, 0.15) is 0 Å². The van der Waals surface area contributed by atoms with Crippen LogP contribution in [0.2, 0.25) is 0 Å². The van der Waals surface area contributed by atoms with Crippen molar-refractivity contribution >= 4 is 19.9 Å². The van der Waals surface area contributed by atoms with Gasteiger partial charge in [-0.25, -0.2) is 4.52 Å². The van der Waals surface area contributed by atoms with Crippen molar-refractivity contribution in [1.82, 2.24) is 0 Å². The number of para-hydroxylation sites is 1. The Bertz CT molecular complexity index is 252. The van der Waals surface area contributed by atoms with Gasteiger partial charge in [-0.3, -0.25) is 0 Å². The summed E-state index contributed by atoms with van der Waals surface area (Å²) in [5, 5.41) is 0. The molecule has 5 heteroatoms. The molecule has 1 rings (SSSR count). The molecule has 1 aromatic carbocycles. The fourth-order valence-electron chi connectivity index (χ4n) is 0.634. The van der Waals surface area contributed by atoms with Gasteiger partial charge < -0.3 is 0 Å². The molecule has 0 amide bonds. The lowest BCUT2D eigenvalue weighted by molar-refractivity contribution is 0.333. The molecule has 64 valence electrons. The van der Waals surface area contributed by atoms with Gasteiger partial charge in [0, 0.05) is 4.57 Å². The maximum Gasteiger partial charge on any atom is 0.751 e. The van der Waals surface area contributed by atoms with Crippen LogP contribution in [0.5, 0.6) is 5.75 Å². The Labute approximate surface area is 76.2 Å². The Morgan fingerprint density at radius 1 is 1.33 bits per heavy atom. The first-order valence-corrected chi connectivity index (χ1v) is 4.85. The average Bonchev–Trinajstić information content (AvgIpc) is 2.06. The number of hydrogen-bond donors (Lipinski definition) is 0. The van der Waals surface area contributed by atoms with Crippen LogP contribution >= 0.6 is 19.9 Å². The normalized spacial score (nSPS) is 10.9. The van der Waals surface area contributed by atoms with Crippen molar-refractivity contribution in [1.29, 1.82) is 0 Å². The Hall–Kier alpha value is -0.630. The number of alkyl halides is 1. The Kier molecular flexibility index (Phi) is 4.01. The van der Waals surface area contributed by atoms with Crippen molar-refractivity contribution in [2.24, 2.45) is 0 Å². The van der Waals surface area contributed by atoms with Gasteiger partial charge in [0.2, 0.25) is 0 Å². The van der Waals surface area contributed by atoms with Gasteiger partial charge in [0.25, 0.3) is 0 Å². The van der Waals surface area contributed by atoms with Gasteiger partial charge in [-0.2, -0.15) is 0 Å². The van der Waals surface area contributed by atoms with Gasteiger partial charge in [-0.15, -0.1) is 0 Å². The summed E-state index contributed by atoms with van der Waals surface area (Å²) in [7, 11) is -2.14. The third kappa shape index (κ3) is 3.18. The van der Waals surface area contributed by atoms with Gasteiger partial charge in [0.15, 0.2) is 11.8 Å². The van der Waals surface area contributed by atoms with Crippen LogP contribution in [0.15, 0.2) is 30.3 Å². The highest BCUT2D eigenvalue weighted by atomic mass is 35.5. The van der Waals surface area contributed by atoms with Crippen LogP contribution in [0.4, 0.5) is 0 Å². The monoisotopic (exact) mass is 205 g/mol. The molecule has 0 N–H and O–H groups in total. The lowest BCUT2D eigenvalue weighted by Gasteiger charge is -1.88. The molecule has 0 bridgehead atoms. The highest BCUT2D eigenvalue weighted by Crippen LogP contribution is 2.27. The van der Waals surface area contributed by atoms with Gasteiger partial charge in [0.05, 0.1) is 0 Å². The lowest BCUT2D eigenvalue weighted by atomic mass is 10.3. The molecule has 0 saturated carbocycles. The lowest BCUT2D eigenvalue weighted by Crippen LogP contribution is -1.83. The second kappa shape index (κ2) is 5.09. The summed E-state index contributed by atoms with van der Waals surface area (Å²) >= 11 is 5.18. The summed E-state index contributed by atoms with van der Waals surface area (Å²) in [5.41, 5.74) is 0. The summed E-state index contributed by atoms with van der Waals surface area (Å²) in [6.45, 7) is 0. The first-order valence-electron chi connectivity index (χ1n) is 3.22. The van der Waals surface area contributed by atoms with Crippen LogP contribution in [-0.2, 0) is 9.09 Å². The van der Waals surface area contributed by atoms with E-state index in [0.717, 1.165) is 0 Å². The van der Waals surface area contributed by atoms with Crippen molar-refractivity contribution in [2.45, 2.75) is 0 Å². The van der Waals surface area contributed by atoms with Crippen molar-refractivity contribution in [3.63, 3.8) is 0 Å². The van der Waals surface area contributed by atoms with E-state index in [1.807, 2.05) is 6.07 Å². The molecule has 0 radical (unpaired) electrons. The standard InChI is InChI=1S/C7H7ClO3P/c8-6-10-12(9)11-7-4-2-1-3-5-7/h1-5H,6H2/q+1. The molecule has 0 saturated heterocycles. The SMILES string of the molecule is O=[P+](OCCl)Oc1ccccc1. The third-order valence-electron chi connectivity index (χ3n) is 1.08. The second-order valence-corrected chi connectivity index (χ2v) is 2.97. The van der Waals surface area contributed by atoms with E-state index >= 15 is 0 Å². The van der Waals surface area contributed by atoms with Crippen molar-refractivity contribution in [2.75, 3.05) is 6.07 Å². The van der Waals surface area contributed by atoms with Gasteiger partial charge in [-0.05, 0) is 12.1 Å². The van der Waals surface area contributed by atoms with Crippen molar-refractivity contribution < 1.29 is 13.6 Å². The molecule has 3 nitrogen and oxygen atoms in total. The summed E-state index contributed by atoms with van der Waals surface area (Å²) in [5.74, 6) is 0.503. The topological polar surface area (TPSA) is 35.5 Å². The highest BCUT2D eigenvalue weighted by Gasteiger charge is 2.20. The number of benzene rings is 1. The first kappa shape index (κ1) is 9.46. The van der Waals surface area contributed by atoms with E-state index in [9.17, 15) is 4.57 Å². The largest absolute Gasteiger partial charge is 0.751 e. The smallest absolute Gasteiger partial charge is 0.229 e. The minimum atomic E-state index is -2.14. The van der Waals surface area contributed by atoms with Crippen LogP contribution in [0.3, 0.4) is 0 Å². The molecule has 0 spiro atoms. The Morgan fingerprint density at radius 2 is 2.00 bits per heavy atom. The Morgan fingerprint density at radius 3 is 2.58 bits per heavy atom. The molecular weight excluding hydrogens is 199 g/mol. The van der Waals surface area contributed by atoms with Crippen molar-refractivity contribution in [3.05, 3.63) is 30.3 Å². The fourth-order valence-corrected chi connectivity index (χ4v) is 1.30. The van der Waals surface area contributed by atoms with Gasteiger partial charge in [0.1, 0.15) is 0 Å². The predicted octanol–water partition coefficient (Wildman–Crippen LogP) is 2.94. The molecule has 12 heavy (non-hydrogen) atoms.